The molecule has 0 radical (unpaired) electrons. The van der Waals surface area contributed by atoms with Crippen molar-refractivity contribution < 1.29 is 9.63 Å². The Balaban J connectivity index is 1.81. The zero-order valence-electron chi connectivity index (χ0n) is 9.32. The van der Waals surface area contributed by atoms with Gasteiger partial charge in [-0.3, -0.25) is 9.63 Å². The van der Waals surface area contributed by atoms with Crippen LogP contribution in [0.25, 0.3) is 0 Å². The van der Waals surface area contributed by atoms with Crippen LogP contribution in [0.4, 0.5) is 0 Å². The van der Waals surface area contributed by atoms with Crippen LogP contribution in [0.5, 0.6) is 0 Å². The summed E-state index contributed by atoms with van der Waals surface area (Å²) in [6.45, 7) is 3.60. The van der Waals surface area contributed by atoms with Gasteiger partial charge in [-0.15, -0.1) is 0 Å². The molecule has 1 unspecified atom stereocenters. The number of hydroxylamine groups is 2. The van der Waals surface area contributed by atoms with Crippen LogP contribution in [0.1, 0.15) is 32.6 Å². The van der Waals surface area contributed by atoms with Crippen LogP contribution in [0, 0.1) is 11.8 Å². The van der Waals surface area contributed by atoms with Crippen LogP contribution in [0.15, 0.2) is 0 Å². The van der Waals surface area contributed by atoms with E-state index < -0.39 is 0 Å². The molecular weight excluding hydrogens is 192 g/mol. The van der Waals surface area contributed by atoms with Crippen molar-refractivity contribution in [2.45, 2.75) is 38.6 Å². The smallest absolute Gasteiger partial charge is 0.237 e. The Morgan fingerprint density at radius 3 is 2.80 bits per heavy atom. The van der Waals surface area contributed by atoms with E-state index in [9.17, 15) is 4.79 Å². The fourth-order valence-corrected chi connectivity index (χ4v) is 2.29. The lowest BCUT2D eigenvalue weighted by Gasteiger charge is -2.21. The van der Waals surface area contributed by atoms with Gasteiger partial charge in [-0.1, -0.05) is 19.8 Å². The maximum atomic E-state index is 11.2. The Morgan fingerprint density at radius 2 is 2.27 bits per heavy atom. The van der Waals surface area contributed by atoms with Crippen LogP contribution in [-0.2, 0) is 9.63 Å². The van der Waals surface area contributed by atoms with Crippen molar-refractivity contribution in [3.05, 3.63) is 0 Å². The van der Waals surface area contributed by atoms with Crippen LogP contribution >= 0.6 is 0 Å². The van der Waals surface area contributed by atoms with Crippen LogP contribution < -0.4 is 5.73 Å². The Bertz CT molecular complexity index is 241. The fourth-order valence-electron chi connectivity index (χ4n) is 2.29. The van der Waals surface area contributed by atoms with Gasteiger partial charge in [0.25, 0.3) is 0 Å². The molecular formula is C11H20N2O2. The van der Waals surface area contributed by atoms with Gasteiger partial charge in [0.2, 0.25) is 5.91 Å². The minimum atomic E-state index is -0.274. The molecule has 1 saturated heterocycles. The number of hydrogen-bond acceptors (Lipinski definition) is 3. The van der Waals surface area contributed by atoms with Crippen molar-refractivity contribution in [2.24, 2.45) is 17.6 Å². The summed E-state index contributed by atoms with van der Waals surface area (Å²) >= 11 is 0. The number of nitrogens with zero attached hydrogens (tertiary/aromatic N) is 1. The predicted molar refractivity (Wildman–Crippen MR) is 56.8 cm³/mol. The molecule has 0 aromatic rings. The molecule has 0 aromatic heterocycles. The summed E-state index contributed by atoms with van der Waals surface area (Å²) in [5.74, 6) is 1.25. The molecule has 2 aliphatic rings. The molecule has 1 amide bonds. The number of carbonyl (C=O) groups is 1. The van der Waals surface area contributed by atoms with E-state index in [2.05, 4.69) is 0 Å². The Kier molecular flexibility index (Phi) is 3.26. The number of amides is 1. The molecule has 15 heavy (non-hydrogen) atoms. The lowest BCUT2D eigenvalue weighted by atomic mass is 10.0. The van der Waals surface area contributed by atoms with Gasteiger partial charge in [0.05, 0.1) is 6.61 Å². The molecule has 1 aliphatic carbocycles. The number of rotatable bonds is 5. The normalized spacial score (nSPS) is 29.3. The first kappa shape index (κ1) is 10.9. The van der Waals surface area contributed by atoms with Crippen molar-refractivity contribution in [1.82, 2.24) is 5.06 Å². The van der Waals surface area contributed by atoms with Gasteiger partial charge in [0.1, 0.15) is 6.04 Å². The van der Waals surface area contributed by atoms with Crippen molar-refractivity contribution in [3.8, 4) is 0 Å². The highest BCUT2D eigenvalue weighted by Gasteiger charge is 2.34. The third-order valence-corrected chi connectivity index (χ3v) is 3.34. The van der Waals surface area contributed by atoms with E-state index in [1.54, 1.807) is 5.06 Å². The first-order chi connectivity index (χ1) is 7.20. The molecule has 2 fully saturated rings. The fraction of sp³-hybridized carbons (Fsp3) is 0.909. The van der Waals surface area contributed by atoms with E-state index in [0.29, 0.717) is 5.92 Å². The van der Waals surface area contributed by atoms with Crippen molar-refractivity contribution in [3.63, 3.8) is 0 Å². The highest BCUT2D eigenvalue weighted by atomic mass is 16.7. The largest absolute Gasteiger partial charge is 0.368 e. The molecule has 1 aliphatic heterocycles. The number of carbonyl (C=O) groups excluding carboxylic acids is 1. The second-order valence-corrected chi connectivity index (χ2v) is 4.77. The monoisotopic (exact) mass is 212 g/mol. The van der Waals surface area contributed by atoms with Crippen LogP contribution in [0.2, 0.25) is 0 Å². The molecule has 2 rings (SSSR count). The summed E-state index contributed by atoms with van der Waals surface area (Å²) in [6, 6.07) is -0.241. The highest BCUT2D eigenvalue weighted by molar-refractivity contribution is 5.79. The molecule has 0 bridgehead atoms. The molecule has 2 N–H and O–H groups in total. The average Bonchev–Trinajstić information content (AvgIpc) is 2.86. The SMILES string of the molecule is CC[C@@H](C(N)=O)N1CC(CC2CC2)CO1. The molecule has 1 heterocycles. The van der Waals surface area contributed by atoms with Gasteiger partial charge in [0, 0.05) is 6.54 Å². The summed E-state index contributed by atoms with van der Waals surface area (Å²) in [4.78, 5) is 16.7. The van der Waals surface area contributed by atoms with Gasteiger partial charge >= 0.3 is 0 Å². The highest BCUT2D eigenvalue weighted by Crippen LogP contribution is 2.37. The molecule has 0 aromatic carbocycles. The zero-order valence-corrected chi connectivity index (χ0v) is 9.32. The summed E-state index contributed by atoms with van der Waals surface area (Å²) in [7, 11) is 0. The topological polar surface area (TPSA) is 55.6 Å². The minimum absolute atomic E-state index is 0.241. The standard InChI is InChI=1S/C11H20N2O2/c1-2-10(11(12)14)13-6-9(7-15-13)5-8-3-4-8/h8-10H,2-7H2,1H3,(H2,12,14)/t9?,10-/m0/s1. The lowest BCUT2D eigenvalue weighted by Crippen LogP contribution is -2.42. The van der Waals surface area contributed by atoms with E-state index >= 15 is 0 Å². The molecule has 4 heteroatoms. The Hall–Kier alpha value is -0.610. The Labute approximate surface area is 90.7 Å². The van der Waals surface area contributed by atoms with Gasteiger partial charge in [-0.2, -0.15) is 5.06 Å². The maximum absolute atomic E-state index is 11.2. The quantitative estimate of drug-likeness (QED) is 0.737. The van der Waals surface area contributed by atoms with Crippen LogP contribution in [-0.4, -0.2) is 30.2 Å². The second-order valence-electron chi connectivity index (χ2n) is 4.77. The second kappa shape index (κ2) is 4.49. The molecule has 1 saturated carbocycles. The summed E-state index contributed by atoms with van der Waals surface area (Å²) in [5.41, 5.74) is 5.33. The third-order valence-electron chi connectivity index (χ3n) is 3.34. The first-order valence-corrected chi connectivity index (χ1v) is 5.89. The molecule has 4 nitrogen and oxygen atoms in total. The third kappa shape index (κ3) is 2.69. The van der Waals surface area contributed by atoms with Crippen molar-refractivity contribution >= 4 is 5.91 Å². The van der Waals surface area contributed by atoms with Crippen molar-refractivity contribution in [1.29, 1.82) is 0 Å². The van der Waals surface area contributed by atoms with Gasteiger partial charge < -0.3 is 5.73 Å². The zero-order chi connectivity index (χ0) is 10.8. The van der Waals surface area contributed by atoms with Crippen molar-refractivity contribution in [2.75, 3.05) is 13.2 Å². The predicted octanol–water partition coefficient (Wildman–Crippen LogP) is 0.914. The maximum Gasteiger partial charge on any atom is 0.237 e. The number of primary amides is 1. The summed E-state index contributed by atoms with van der Waals surface area (Å²) in [5, 5.41) is 1.79. The number of nitrogens with two attached hydrogens (primary N) is 1. The molecule has 0 spiro atoms. The molecule has 2 atom stereocenters. The lowest BCUT2D eigenvalue weighted by molar-refractivity contribution is -0.159. The first-order valence-electron chi connectivity index (χ1n) is 5.89. The van der Waals surface area contributed by atoms with E-state index in [4.69, 9.17) is 10.6 Å². The van der Waals surface area contributed by atoms with Crippen LogP contribution in [0.3, 0.4) is 0 Å². The summed E-state index contributed by atoms with van der Waals surface area (Å²) < 4.78 is 0. The van der Waals surface area contributed by atoms with Gasteiger partial charge in [-0.25, -0.2) is 0 Å². The van der Waals surface area contributed by atoms with Gasteiger partial charge in [0.15, 0.2) is 0 Å². The summed E-state index contributed by atoms with van der Waals surface area (Å²) in [6.07, 6.45) is 4.74. The van der Waals surface area contributed by atoms with E-state index in [-0.39, 0.29) is 11.9 Å². The van der Waals surface area contributed by atoms with E-state index in [1.165, 1.54) is 19.3 Å². The number of hydrogen-bond donors (Lipinski definition) is 1. The average molecular weight is 212 g/mol. The Morgan fingerprint density at radius 1 is 1.53 bits per heavy atom. The van der Waals surface area contributed by atoms with Gasteiger partial charge in [-0.05, 0) is 24.7 Å². The molecule has 86 valence electrons. The van der Waals surface area contributed by atoms with E-state index in [1.807, 2.05) is 6.92 Å². The van der Waals surface area contributed by atoms with E-state index in [0.717, 1.165) is 25.5 Å². The minimum Gasteiger partial charge on any atom is -0.368 e.